The van der Waals surface area contributed by atoms with E-state index in [4.69, 9.17) is 16.3 Å². The summed E-state index contributed by atoms with van der Waals surface area (Å²) in [5.41, 5.74) is 0. The topological polar surface area (TPSA) is 24.5 Å². The molecule has 0 aromatic rings. The van der Waals surface area contributed by atoms with E-state index in [-0.39, 0.29) is 5.38 Å². The van der Waals surface area contributed by atoms with E-state index in [9.17, 15) is 0 Å². The van der Waals surface area contributed by atoms with Crippen LogP contribution in [0.5, 0.6) is 0 Å². The van der Waals surface area contributed by atoms with Crippen LogP contribution in [0.25, 0.3) is 0 Å². The highest BCUT2D eigenvalue weighted by Gasteiger charge is 2.03. The van der Waals surface area contributed by atoms with Crippen molar-refractivity contribution in [3.05, 3.63) is 0 Å². The molecule has 0 aliphatic heterocycles. The predicted octanol–water partition coefficient (Wildman–Crippen LogP) is 1.56. The summed E-state index contributed by atoms with van der Waals surface area (Å²) in [5.74, 6) is 0. The molecule has 0 aromatic heterocycles. The van der Waals surface area contributed by atoms with E-state index in [2.05, 4.69) is 24.1 Å². The molecule has 0 aliphatic rings. The Balaban J connectivity index is 3.23. The molecule has 0 amide bonds. The molecule has 0 saturated carbocycles. The van der Waals surface area contributed by atoms with Gasteiger partial charge in [0.2, 0.25) is 0 Å². The largest absolute Gasteiger partial charge is 0.383 e. The lowest BCUT2D eigenvalue weighted by Gasteiger charge is -2.18. The van der Waals surface area contributed by atoms with Crippen molar-refractivity contribution in [3.8, 4) is 0 Å². The first-order valence-electron chi connectivity index (χ1n) is 5.80. The minimum absolute atomic E-state index is 0.135. The SMILES string of the molecule is CCN(CC)CCNCCC(Cl)COC. The molecule has 1 unspecified atom stereocenters. The zero-order valence-electron chi connectivity index (χ0n) is 10.3. The number of hydrogen-bond donors (Lipinski definition) is 1. The van der Waals surface area contributed by atoms with Crippen LogP contribution >= 0.6 is 11.6 Å². The Bertz CT molecular complexity index is 132. The van der Waals surface area contributed by atoms with Gasteiger partial charge in [0.05, 0.1) is 12.0 Å². The Hall–Kier alpha value is 0.170. The molecule has 0 aromatic carbocycles. The van der Waals surface area contributed by atoms with Gasteiger partial charge in [-0.05, 0) is 26.1 Å². The van der Waals surface area contributed by atoms with Gasteiger partial charge in [-0.3, -0.25) is 0 Å². The smallest absolute Gasteiger partial charge is 0.0626 e. The highest BCUT2D eigenvalue weighted by Crippen LogP contribution is 2.00. The number of ether oxygens (including phenoxy) is 1. The third-order valence-electron chi connectivity index (χ3n) is 2.48. The molecule has 0 bridgehead atoms. The van der Waals surface area contributed by atoms with E-state index in [0.29, 0.717) is 6.61 Å². The van der Waals surface area contributed by atoms with Crippen LogP contribution < -0.4 is 5.32 Å². The molecule has 0 aliphatic carbocycles. The number of methoxy groups -OCH3 is 1. The minimum Gasteiger partial charge on any atom is -0.383 e. The van der Waals surface area contributed by atoms with Crippen LogP contribution in [0, 0.1) is 0 Å². The lowest BCUT2D eigenvalue weighted by molar-refractivity contribution is 0.195. The maximum atomic E-state index is 6.00. The van der Waals surface area contributed by atoms with Crippen LogP contribution in [0.3, 0.4) is 0 Å². The Morgan fingerprint density at radius 1 is 1.27 bits per heavy atom. The fraction of sp³-hybridized carbons (Fsp3) is 1.00. The van der Waals surface area contributed by atoms with Gasteiger partial charge in [-0.1, -0.05) is 13.8 Å². The molecule has 0 radical (unpaired) electrons. The number of likely N-dealkylation sites (N-methyl/N-ethyl adjacent to an activating group) is 1. The number of halogens is 1. The number of nitrogens with one attached hydrogen (secondary N) is 1. The molecular formula is C11H25ClN2O. The van der Waals surface area contributed by atoms with Crippen molar-refractivity contribution in [2.24, 2.45) is 0 Å². The van der Waals surface area contributed by atoms with E-state index < -0.39 is 0 Å². The first kappa shape index (κ1) is 15.2. The fourth-order valence-electron chi connectivity index (χ4n) is 1.42. The van der Waals surface area contributed by atoms with Gasteiger partial charge in [0.1, 0.15) is 0 Å². The Morgan fingerprint density at radius 3 is 2.47 bits per heavy atom. The number of alkyl halides is 1. The van der Waals surface area contributed by atoms with E-state index in [1.165, 1.54) is 0 Å². The Kier molecular flexibility index (Phi) is 10.8. The molecule has 1 N–H and O–H groups in total. The molecule has 0 saturated heterocycles. The van der Waals surface area contributed by atoms with Gasteiger partial charge in [0.25, 0.3) is 0 Å². The Morgan fingerprint density at radius 2 is 1.93 bits per heavy atom. The fourth-order valence-corrected chi connectivity index (χ4v) is 1.66. The Labute approximate surface area is 99.1 Å². The number of nitrogens with zero attached hydrogens (tertiary/aromatic N) is 1. The van der Waals surface area contributed by atoms with Gasteiger partial charge in [-0.2, -0.15) is 0 Å². The normalized spacial score (nSPS) is 13.4. The summed E-state index contributed by atoms with van der Waals surface area (Å²) in [5, 5.41) is 3.53. The van der Waals surface area contributed by atoms with Crippen molar-refractivity contribution in [1.29, 1.82) is 0 Å². The van der Waals surface area contributed by atoms with Gasteiger partial charge in [0.15, 0.2) is 0 Å². The van der Waals surface area contributed by atoms with Crippen molar-refractivity contribution in [2.45, 2.75) is 25.6 Å². The molecule has 15 heavy (non-hydrogen) atoms. The van der Waals surface area contributed by atoms with Crippen LogP contribution in [-0.2, 0) is 4.74 Å². The standard InChI is InChI=1S/C11H25ClN2O/c1-4-14(5-2)9-8-13-7-6-11(12)10-15-3/h11,13H,4-10H2,1-3H3. The van der Waals surface area contributed by atoms with Crippen LogP contribution in [0.15, 0.2) is 0 Å². The first-order valence-corrected chi connectivity index (χ1v) is 6.24. The van der Waals surface area contributed by atoms with Crippen molar-refractivity contribution >= 4 is 11.6 Å². The monoisotopic (exact) mass is 236 g/mol. The van der Waals surface area contributed by atoms with Crippen molar-refractivity contribution in [1.82, 2.24) is 10.2 Å². The highest BCUT2D eigenvalue weighted by molar-refractivity contribution is 6.20. The zero-order chi connectivity index (χ0) is 11.5. The lowest BCUT2D eigenvalue weighted by atomic mass is 10.3. The summed E-state index contributed by atoms with van der Waals surface area (Å²) in [6.45, 7) is 10.4. The summed E-state index contributed by atoms with van der Waals surface area (Å²) in [7, 11) is 1.68. The van der Waals surface area contributed by atoms with Crippen molar-refractivity contribution in [3.63, 3.8) is 0 Å². The van der Waals surface area contributed by atoms with Crippen molar-refractivity contribution < 1.29 is 4.74 Å². The maximum absolute atomic E-state index is 6.00. The second-order valence-electron chi connectivity index (χ2n) is 3.62. The van der Waals surface area contributed by atoms with Crippen LogP contribution in [0.2, 0.25) is 0 Å². The molecule has 0 fully saturated rings. The molecule has 4 heteroatoms. The summed E-state index contributed by atoms with van der Waals surface area (Å²) < 4.78 is 4.97. The van der Waals surface area contributed by atoms with Gasteiger partial charge in [-0.25, -0.2) is 0 Å². The van der Waals surface area contributed by atoms with Gasteiger partial charge < -0.3 is 15.0 Å². The molecule has 92 valence electrons. The van der Waals surface area contributed by atoms with Gasteiger partial charge in [0, 0.05) is 20.2 Å². The third-order valence-corrected chi connectivity index (χ3v) is 2.83. The van der Waals surface area contributed by atoms with Crippen molar-refractivity contribution in [2.75, 3.05) is 46.4 Å². The average Bonchev–Trinajstić information content (AvgIpc) is 2.24. The van der Waals surface area contributed by atoms with E-state index in [1.54, 1.807) is 7.11 Å². The molecule has 0 spiro atoms. The first-order chi connectivity index (χ1) is 7.24. The summed E-state index contributed by atoms with van der Waals surface area (Å²) in [6, 6.07) is 0. The number of hydrogen-bond acceptors (Lipinski definition) is 3. The quantitative estimate of drug-likeness (QED) is 0.460. The molecular weight excluding hydrogens is 212 g/mol. The lowest BCUT2D eigenvalue weighted by Crippen LogP contribution is -2.32. The summed E-state index contributed by atoms with van der Waals surface area (Å²) in [6.07, 6.45) is 0.966. The minimum atomic E-state index is 0.135. The summed E-state index contributed by atoms with van der Waals surface area (Å²) in [4.78, 5) is 2.40. The zero-order valence-corrected chi connectivity index (χ0v) is 11.0. The van der Waals surface area contributed by atoms with E-state index in [0.717, 1.165) is 39.1 Å². The second kappa shape index (κ2) is 10.7. The average molecular weight is 237 g/mol. The second-order valence-corrected chi connectivity index (χ2v) is 4.24. The predicted molar refractivity (Wildman–Crippen MR) is 66.8 cm³/mol. The van der Waals surface area contributed by atoms with Crippen LogP contribution in [0.1, 0.15) is 20.3 Å². The maximum Gasteiger partial charge on any atom is 0.0626 e. The van der Waals surface area contributed by atoms with Crippen LogP contribution in [0.4, 0.5) is 0 Å². The summed E-state index contributed by atoms with van der Waals surface area (Å²) >= 11 is 6.00. The van der Waals surface area contributed by atoms with Gasteiger partial charge >= 0.3 is 0 Å². The molecule has 0 rings (SSSR count). The molecule has 1 atom stereocenters. The van der Waals surface area contributed by atoms with E-state index >= 15 is 0 Å². The third kappa shape index (κ3) is 9.12. The molecule has 0 heterocycles. The van der Waals surface area contributed by atoms with Crippen LogP contribution in [-0.4, -0.2) is 56.7 Å². The highest BCUT2D eigenvalue weighted by atomic mass is 35.5. The number of rotatable bonds is 10. The van der Waals surface area contributed by atoms with E-state index in [1.807, 2.05) is 0 Å². The van der Waals surface area contributed by atoms with Gasteiger partial charge in [-0.15, -0.1) is 11.6 Å². The molecule has 3 nitrogen and oxygen atoms in total.